The number of carbonyl (C=O) groups is 1. The number of aromatic nitrogens is 2. The van der Waals surface area contributed by atoms with Crippen molar-refractivity contribution in [2.24, 2.45) is 0 Å². The highest BCUT2D eigenvalue weighted by Gasteiger charge is 2.36. The van der Waals surface area contributed by atoms with Gasteiger partial charge in [-0.05, 0) is 31.6 Å². The van der Waals surface area contributed by atoms with Crippen molar-refractivity contribution in [2.45, 2.75) is 38.5 Å². The van der Waals surface area contributed by atoms with Gasteiger partial charge >= 0.3 is 6.18 Å². The van der Waals surface area contributed by atoms with Crippen LogP contribution in [0.15, 0.2) is 36.9 Å². The number of hydrogen-bond acceptors (Lipinski definition) is 6. The van der Waals surface area contributed by atoms with Gasteiger partial charge in [-0.3, -0.25) is 4.79 Å². The number of halogens is 3. The van der Waals surface area contributed by atoms with E-state index in [2.05, 4.69) is 27.5 Å². The maximum atomic E-state index is 13.6. The molecule has 0 aliphatic carbocycles. The van der Waals surface area contributed by atoms with Crippen LogP contribution >= 0.6 is 0 Å². The molecule has 0 N–H and O–H groups in total. The molecule has 0 radical (unpaired) electrons. The van der Waals surface area contributed by atoms with Gasteiger partial charge < -0.3 is 14.7 Å². The summed E-state index contributed by atoms with van der Waals surface area (Å²) in [4.78, 5) is 26.9. The molecule has 1 saturated heterocycles. The lowest BCUT2D eigenvalue weighted by Crippen LogP contribution is -2.55. The molecular formula is C24H25F3N6O. The van der Waals surface area contributed by atoms with Gasteiger partial charge in [0.2, 0.25) is 5.91 Å². The number of hydrogen-bond donors (Lipinski definition) is 0. The van der Waals surface area contributed by atoms with Crippen molar-refractivity contribution < 1.29 is 18.0 Å². The molecule has 0 saturated carbocycles. The number of alkyl halides is 3. The van der Waals surface area contributed by atoms with E-state index in [-0.39, 0.29) is 30.6 Å². The molecule has 1 fully saturated rings. The van der Waals surface area contributed by atoms with Gasteiger partial charge in [0.1, 0.15) is 11.6 Å². The first-order chi connectivity index (χ1) is 16.2. The van der Waals surface area contributed by atoms with E-state index in [1.54, 1.807) is 22.8 Å². The fourth-order valence-corrected chi connectivity index (χ4v) is 4.72. The molecule has 1 amide bonds. The minimum Gasteiger partial charge on any atom is -0.365 e. The van der Waals surface area contributed by atoms with Crippen LogP contribution < -0.4 is 9.80 Å². The lowest BCUT2D eigenvalue weighted by atomic mass is 10.0. The summed E-state index contributed by atoms with van der Waals surface area (Å²) in [5, 5.41) is 9.26. The number of para-hydroxylation sites is 1. The van der Waals surface area contributed by atoms with Crippen molar-refractivity contribution in [1.29, 1.82) is 5.26 Å². The van der Waals surface area contributed by atoms with Gasteiger partial charge in [0.05, 0.1) is 36.3 Å². The van der Waals surface area contributed by atoms with Crippen LogP contribution in [0, 0.1) is 18.3 Å². The molecule has 34 heavy (non-hydrogen) atoms. The smallest absolute Gasteiger partial charge is 0.365 e. The van der Waals surface area contributed by atoms with Gasteiger partial charge in [0, 0.05) is 37.4 Å². The summed E-state index contributed by atoms with van der Waals surface area (Å²) in [5.74, 6) is 1.06. The third-order valence-corrected chi connectivity index (χ3v) is 6.27. The van der Waals surface area contributed by atoms with Crippen molar-refractivity contribution in [2.75, 3.05) is 36.0 Å². The Balaban J connectivity index is 1.63. The van der Waals surface area contributed by atoms with Crippen LogP contribution in [0.5, 0.6) is 0 Å². The predicted molar refractivity (Wildman–Crippen MR) is 121 cm³/mol. The fraction of sp³-hybridized carbons (Fsp3) is 0.417. The van der Waals surface area contributed by atoms with E-state index in [1.165, 1.54) is 18.2 Å². The van der Waals surface area contributed by atoms with E-state index < -0.39 is 11.7 Å². The molecule has 1 unspecified atom stereocenters. The van der Waals surface area contributed by atoms with E-state index in [4.69, 9.17) is 0 Å². The van der Waals surface area contributed by atoms with E-state index in [9.17, 15) is 23.2 Å². The Morgan fingerprint density at radius 3 is 2.71 bits per heavy atom. The highest BCUT2D eigenvalue weighted by Crippen LogP contribution is 2.38. The van der Waals surface area contributed by atoms with E-state index in [1.807, 2.05) is 0 Å². The number of carbonyl (C=O) groups excluding carboxylic acids is 1. The van der Waals surface area contributed by atoms with Crippen LogP contribution in [-0.2, 0) is 23.9 Å². The zero-order valence-electron chi connectivity index (χ0n) is 18.8. The number of nitrogens with zero attached hydrogens (tertiary/aromatic N) is 6. The number of piperazine rings is 1. The van der Waals surface area contributed by atoms with Gasteiger partial charge in [-0.25, -0.2) is 9.97 Å². The zero-order chi connectivity index (χ0) is 24.5. The Morgan fingerprint density at radius 2 is 2.00 bits per heavy atom. The largest absolute Gasteiger partial charge is 0.418 e. The lowest BCUT2D eigenvalue weighted by molar-refractivity contribution is -0.137. The summed E-state index contributed by atoms with van der Waals surface area (Å²) in [5.41, 5.74) is 1.09. The molecule has 0 bridgehead atoms. The third kappa shape index (κ3) is 4.55. The predicted octanol–water partition coefficient (Wildman–Crippen LogP) is 3.48. The fourth-order valence-electron chi connectivity index (χ4n) is 4.72. The Bertz CT molecular complexity index is 1140. The monoisotopic (exact) mass is 470 g/mol. The van der Waals surface area contributed by atoms with E-state index in [0.29, 0.717) is 44.1 Å². The lowest BCUT2D eigenvalue weighted by Gasteiger charge is -2.42. The molecule has 178 valence electrons. The molecular weight excluding hydrogens is 445 g/mol. The average Bonchev–Trinajstić information content (AvgIpc) is 2.82. The van der Waals surface area contributed by atoms with Gasteiger partial charge in [-0.1, -0.05) is 18.7 Å². The first-order valence-electron chi connectivity index (χ1n) is 11.1. The second kappa shape index (κ2) is 9.33. The highest BCUT2D eigenvalue weighted by molar-refractivity contribution is 5.87. The third-order valence-electron chi connectivity index (χ3n) is 6.27. The summed E-state index contributed by atoms with van der Waals surface area (Å²) in [6.07, 6.45) is -2.51. The molecule has 4 rings (SSSR count). The second-order valence-corrected chi connectivity index (χ2v) is 8.40. The Hall–Kier alpha value is -3.61. The summed E-state index contributed by atoms with van der Waals surface area (Å²) >= 11 is 0. The summed E-state index contributed by atoms with van der Waals surface area (Å²) in [6, 6.07) is 7.44. The number of anilines is 2. The molecule has 2 aliphatic heterocycles. The van der Waals surface area contributed by atoms with Crippen molar-refractivity contribution in [3.63, 3.8) is 0 Å². The minimum absolute atomic E-state index is 0.143. The summed E-state index contributed by atoms with van der Waals surface area (Å²) < 4.78 is 40.7. The van der Waals surface area contributed by atoms with E-state index >= 15 is 0 Å². The van der Waals surface area contributed by atoms with Gasteiger partial charge in [-0.2, -0.15) is 18.4 Å². The number of fused-ring (bicyclic) bond motifs is 1. The molecule has 0 spiro atoms. The van der Waals surface area contributed by atoms with Gasteiger partial charge in [0.15, 0.2) is 0 Å². The van der Waals surface area contributed by atoms with Crippen molar-refractivity contribution in [3.05, 3.63) is 59.6 Å². The molecule has 10 heteroatoms. The second-order valence-electron chi connectivity index (χ2n) is 8.40. The normalized spacial score (nSPS) is 18.3. The van der Waals surface area contributed by atoms with Crippen molar-refractivity contribution in [1.82, 2.24) is 14.9 Å². The molecule has 2 aliphatic rings. The van der Waals surface area contributed by atoms with Crippen molar-refractivity contribution in [3.8, 4) is 6.07 Å². The average molecular weight is 470 g/mol. The number of benzene rings is 1. The molecule has 1 aromatic carbocycles. The van der Waals surface area contributed by atoms with E-state index in [0.717, 1.165) is 17.4 Å². The highest BCUT2D eigenvalue weighted by atomic mass is 19.4. The van der Waals surface area contributed by atoms with Crippen LogP contribution in [-0.4, -0.2) is 53.0 Å². The first kappa shape index (κ1) is 23.5. The molecule has 3 heterocycles. The number of nitriles is 1. The topological polar surface area (TPSA) is 76.4 Å². The van der Waals surface area contributed by atoms with Crippen molar-refractivity contribution >= 4 is 17.4 Å². The van der Waals surface area contributed by atoms with Gasteiger partial charge in [-0.15, -0.1) is 0 Å². The SMILES string of the molecule is C=CC(=O)N1CCN(c2nc(C)nc3c2CCN(c2ccccc2C(F)(F)F)C3)CC1CC#N. The first-order valence-corrected chi connectivity index (χ1v) is 11.1. The maximum absolute atomic E-state index is 13.6. The summed E-state index contributed by atoms with van der Waals surface area (Å²) in [6.45, 7) is 7.36. The molecule has 1 aromatic heterocycles. The molecule has 2 aromatic rings. The summed E-state index contributed by atoms with van der Waals surface area (Å²) in [7, 11) is 0. The van der Waals surface area contributed by atoms with Crippen LogP contribution in [0.4, 0.5) is 24.7 Å². The number of amides is 1. The van der Waals surface area contributed by atoms with Crippen LogP contribution in [0.1, 0.15) is 29.1 Å². The minimum atomic E-state index is -4.44. The number of aryl methyl sites for hydroxylation is 1. The molecule has 1 atom stereocenters. The zero-order valence-corrected chi connectivity index (χ0v) is 18.8. The quantitative estimate of drug-likeness (QED) is 0.637. The maximum Gasteiger partial charge on any atom is 0.418 e. The Labute approximate surface area is 196 Å². The van der Waals surface area contributed by atoms with Crippen LogP contribution in [0.25, 0.3) is 0 Å². The standard InChI is InChI=1S/C24H25F3N6O/c1-3-22(34)33-13-12-32(14-17(33)8-10-28)23-18-9-11-31(15-20(18)29-16(2)30-23)21-7-5-4-6-19(21)24(25,26)27/h3-7,17H,1,8-9,11-15H2,2H3. The molecule has 7 nitrogen and oxygen atoms in total. The number of rotatable bonds is 4. The Kier molecular flexibility index (Phi) is 6.46. The Morgan fingerprint density at radius 1 is 1.24 bits per heavy atom. The van der Waals surface area contributed by atoms with Crippen LogP contribution in [0.3, 0.4) is 0 Å². The van der Waals surface area contributed by atoms with Crippen LogP contribution in [0.2, 0.25) is 0 Å². The van der Waals surface area contributed by atoms with Gasteiger partial charge in [0.25, 0.3) is 0 Å².